The van der Waals surface area contributed by atoms with Crippen LogP contribution in [0.25, 0.3) is 0 Å². The van der Waals surface area contributed by atoms with E-state index in [1.807, 2.05) is 0 Å². The van der Waals surface area contributed by atoms with E-state index in [1.165, 1.54) is 0 Å². The molecule has 1 aromatic rings. The van der Waals surface area contributed by atoms with E-state index >= 15 is 0 Å². The van der Waals surface area contributed by atoms with Gasteiger partial charge in [-0.1, -0.05) is 6.92 Å². The SMILES string of the molecule is COCOc1ccc(OC(=O)C2CCC(C)CC2)cc1. The zero-order valence-corrected chi connectivity index (χ0v) is 12.1. The number of hydrogen-bond acceptors (Lipinski definition) is 4. The highest BCUT2D eigenvalue weighted by atomic mass is 16.7. The second-order valence-corrected chi connectivity index (χ2v) is 5.40. The number of carbonyl (C=O) groups is 1. The summed E-state index contributed by atoms with van der Waals surface area (Å²) in [5.41, 5.74) is 0. The molecule has 0 unspecified atom stereocenters. The summed E-state index contributed by atoms with van der Waals surface area (Å²) < 4.78 is 15.5. The van der Waals surface area contributed by atoms with E-state index in [0.29, 0.717) is 11.5 Å². The van der Waals surface area contributed by atoms with Crippen LogP contribution in [0.2, 0.25) is 0 Å². The fourth-order valence-electron chi connectivity index (χ4n) is 2.43. The Hall–Kier alpha value is -1.55. The van der Waals surface area contributed by atoms with Crippen LogP contribution in [0, 0.1) is 11.8 Å². The smallest absolute Gasteiger partial charge is 0.314 e. The molecular weight excluding hydrogens is 256 g/mol. The maximum atomic E-state index is 12.1. The van der Waals surface area contributed by atoms with Crippen molar-refractivity contribution in [1.82, 2.24) is 0 Å². The molecule has 0 saturated heterocycles. The van der Waals surface area contributed by atoms with E-state index in [9.17, 15) is 4.79 Å². The Morgan fingerprint density at radius 2 is 1.70 bits per heavy atom. The Balaban J connectivity index is 1.84. The van der Waals surface area contributed by atoms with Crippen molar-refractivity contribution in [2.24, 2.45) is 11.8 Å². The molecule has 4 nitrogen and oxygen atoms in total. The minimum atomic E-state index is -0.109. The molecule has 1 aromatic carbocycles. The first-order valence-corrected chi connectivity index (χ1v) is 7.12. The first-order chi connectivity index (χ1) is 9.69. The summed E-state index contributed by atoms with van der Waals surface area (Å²) in [7, 11) is 1.57. The Morgan fingerprint density at radius 3 is 2.30 bits per heavy atom. The fourth-order valence-corrected chi connectivity index (χ4v) is 2.43. The molecule has 0 radical (unpaired) electrons. The van der Waals surface area contributed by atoms with Gasteiger partial charge in [-0.05, 0) is 55.9 Å². The molecule has 1 aliphatic carbocycles. The maximum Gasteiger partial charge on any atom is 0.314 e. The van der Waals surface area contributed by atoms with Crippen LogP contribution in [-0.2, 0) is 9.53 Å². The van der Waals surface area contributed by atoms with Gasteiger partial charge in [-0.3, -0.25) is 4.79 Å². The van der Waals surface area contributed by atoms with Gasteiger partial charge in [-0.25, -0.2) is 0 Å². The lowest BCUT2D eigenvalue weighted by molar-refractivity contribution is -0.140. The van der Waals surface area contributed by atoms with E-state index < -0.39 is 0 Å². The van der Waals surface area contributed by atoms with Crippen LogP contribution in [0.4, 0.5) is 0 Å². The van der Waals surface area contributed by atoms with Crippen LogP contribution >= 0.6 is 0 Å². The van der Waals surface area contributed by atoms with Crippen molar-refractivity contribution in [2.45, 2.75) is 32.6 Å². The first kappa shape index (κ1) is 14.9. The molecule has 1 aliphatic rings. The molecule has 0 amide bonds. The molecule has 0 aliphatic heterocycles. The second kappa shape index (κ2) is 7.29. The molecule has 4 heteroatoms. The lowest BCUT2D eigenvalue weighted by Gasteiger charge is -2.24. The molecule has 0 spiro atoms. The van der Waals surface area contributed by atoms with E-state index in [2.05, 4.69) is 6.92 Å². The summed E-state index contributed by atoms with van der Waals surface area (Å²) >= 11 is 0. The van der Waals surface area contributed by atoms with E-state index in [-0.39, 0.29) is 18.7 Å². The number of rotatable bonds is 5. The number of ether oxygens (including phenoxy) is 3. The third kappa shape index (κ3) is 4.23. The third-order valence-corrected chi connectivity index (χ3v) is 3.73. The molecule has 1 fully saturated rings. The maximum absolute atomic E-state index is 12.1. The van der Waals surface area contributed by atoms with Crippen LogP contribution in [0.15, 0.2) is 24.3 Å². The van der Waals surface area contributed by atoms with Gasteiger partial charge < -0.3 is 14.2 Å². The van der Waals surface area contributed by atoms with Crippen molar-refractivity contribution in [3.8, 4) is 11.5 Å². The van der Waals surface area contributed by atoms with Crippen molar-refractivity contribution in [3.05, 3.63) is 24.3 Å². The van der Waals surface area contributed by atoms with E-state index in [1.54, 1.807) is 31.4 Å². The van der Waals surface area contributed by atoms with Crippen LogP contribution < -0.4 is 9.47 Å². The highest BCUT2D eigenvalue weighted by Gasteiger charge is 2.25. The van der Waals surface area contributed by atoms with Crippen molar-refractivity contribution < 1.29 is 19.0 Å². The minimum absolute atomic E-state index is 0.0515. The van der Waals surface area contributed by atoms with Crippen LogP contribution in [0.1, 0.15) is 32.6 Å². The second-order valence-electron chi connectivity index (χ2n) is 5.40. The summed E-state index contributed by atoms with van der Waals surface area (Å²) in [6.07, 6.45) is 4.11. The zero-order valence-electron chi connectivity index (χ0n) is 12.1. The molecule has 2 rings (SSSR count). The molecule has 0 aromatic heterocycles. The van der Waals surface area contributed by atoms with Crippen LogP contribution in [0.3, 0.4) is 0 Å². The topological polar surface area (TPSA) is 44.8 Å². The Bertz CT molecular complexity index is 419. The Labute approximate surface area is 120 Å². The molecule has 1 saturated carbocycles. The molecular formula is C16H22O4. The molecule has 110 valence electrons. The third-order valence-electron chi connectivity index (χ3n) is 3.73. The summed E-state index contributed by atoms with van der Waals surface area (Å²) in [6, 6.07) is 7.03. The largest absolute Gasteiger partial charge is 0.468 e. The predicted octanol–water partition coefficient (Wildman–Crippen LogP) is 3.40. The Morgan fingerprint density at radius 1 is 1.10 bits per heavy atom. The standard InChI is InChI=1S/C16H22O4/c1-12-3-5-13(6-4-12)16(17)20-15-9-7-14(8-10-15)19-11-18-2/h7-10,12-13H,3-6,11H2,1-2H3. The molecule has 0 bridgehead atoms. The van der Waals surface area contributed by atoms with Gasteiger partial charge in [-0.2, -0.15) is 0 Å². The quantitative estimate of drug-likeness (QED) is 0.470. The van der Waals surface area contributed by atoms with Gasteiger partial charge in [0.25, 0.3) is 0 Å². The lowest BCUT2D eigenvalue weighted by Crippen LogP contribution is -2.24. The summed E-state index contributed by atoms with van der Waals surface area (Å²) in [5, 5.41) is 0. The average Bonchev–Trinajstić information content (AvgIpc) is 2.47. The van der Waals surface area contributed by atoms with Gasteiger partial charge in [0.2, 0.25) is 0 Å². The number of carbonyl (C=O) groups excluding carboxylic acids is 1. The monoisotopic (exact) mass is 278 g/mol. The minimum Gasteiger partial charge on any atom is -0.468 e. The highest BCUT2D eigenvalue weighted by molar-refractivity contribution is 5.75. The first-order valence-electron chi connectivity index (χ1n) is 7.12. The van der Waals surface area contributed by atoms with Gasteiger partial charge >= 0.3 is 5.97 Å². The zero-order chi connectivity index (χ0) is 14.4. The van der Waals surface area contributed by atoms with Gasteiger partial charge in [-0.15, -0.1) is 0 Å². The predicted molar refractivity (Wildman–Crippen MR) is 75.7 cm³/mol. The number of esters is 1. The lowest BCUT2D eigenvalue weighted by atomic mass is 9.83. The fraction of sp³-hybridized carbons (Fsp3) is 0.562. The number of benzene rings is 1. The average molecular weight is 278 g/mol. The number of hydrogen-bond donors (Lipinski definition) is 0. The molecule has 0 N–H and O–H groups in total. The van der Waals surface area contributed by atoms with Crippen LogP contribution in [0.5, 0.6) is 11.5 Å². The Kier molecular flexibility index (Phi) is 5.41. The van der Waals surface area contributed by atoms with Crippen LogP contribution in [-0.4, -0.2) is 19.9 Å². The molecule has 0 heterocycles. The summed E-state index contributed by atoms with van der Waals surface area (Å²) in [6.45, 7) is 2.44. The molecule has 20 heavy (non-hydrogen) atoms. The van der Waals surface area contributed by atoms with Gasteiger partial charge in [0.15, 0.2) is 6.79 Å². The molecule has 0 atom stereocenters. The van der Waals surface area contributed by atoms with Crippen molar-refractivity contribution in [1.29, 1.82) is 0 Å². The van der Waals surface area contributed by atoms with Crippen molar-refractivity contribution in [3.63, 3.8) is 0 Å². The van der Waals surface area contributed by atoms with E-state index in [0.717, 1.165) is 31.6 Å². The summed E-state index contributed by atoms with van der Waals surface area (Å²) in [5.74, 6) is 1.94. The number of methoxy groups -OCH3 is 1. The van der Waals surface area contributed by atoms with Gasteiger partial charge in [0.1, 0.15) is 11.5 Å². The van der Waals surface area contributed by atoms with Gasteiger partial charge in [0, 0.05) is 7.11 Å². The van der Waals surface area contributed by atoms with Gasteiger partial charge in [0.05, 0.1) is 5.92 Å². The highest BCUT2D eigenvalue weighted by Crippen LogP contribution is 2.29. The van der Waals surface area contributed by atoms with Crippen molar-refractivity contribution in [2.75, 3.05) is 13.9 Å². The van der Waals surface area contributed by atoms with E-state index in [4.69, 9.17) is 14.2 Å². The van der Waals surface area contributed by atoms with Crippen molar-refractivity contribution >= 4 is 5.97 Å². The summed E-state index contributed by atoms with van der Waals surface area (Å²) in [4.78, 5) is 12.1. The normalized spacial score (nSPS) is 22.3.